The molecule has 312 valence electrons. The molecule has 2 N–H and O–H groups in total. The fourth-order valence-corrected chi connectivity index (χ4v) is 10.2. The van der Waals surface area contributed by atoms with Crippen molar-refractivity contribution < 1.29 is 28.2 Å². The van der Waals surface area contributed by atoms with Crippen molar-refractivity contribution in [1.82, 2.24) is 15.2 Å². The predicted molar refractivity (Wildman–Crippen MR) is 242 cm³/mol. The Morgan fingerprint density at radius 1 is 0.871 bits per heavy atom. The summed E-state index contributed by atoms with van der Waals surface area (Å²) in [5.41, 5.74) is 3.66. The van der Waals surface area contributed by atoms with Gasteiger partial charge in [0, 0.05) is 11.3 Å². The summed E-state index contributed by atoms with van der Waals surface area (Å²) in [5.74, 6) is -2.20. The van der Waals surface area contributed by atoms with Gasteiger partial charge in [0.15, 0.2) is 16.9 Å². The second-order valence-electron chi connectivity index (χ2n) is 14.2. The molecule has 6 aromatic rings. The molecule has 0 bridgehead atoms. The molecule has 1 fully saturated rings. The molecule has 5 aromatic carbocycles. The summed E-state index contributed by atoms with van der Waals surface area (Å²) < 4.78 is 20.1. The van der Waals surface area contributed by atoms with Gasteiger partial charge in [0.2, 0.25) is 0 Å². The maximum Gasteiger partial charge on any atom is 0.356 e. The van der Waals surface area contributed by atoms with E-state index in [0.717, 1.165) is 32.7 Å². The van der Waals surface area contributed by atoms with Crippen LogP contribution < -0.4 is 10.6 Å². The fraction of sp³-hybridized carbons (Fsp3) is 0.146. The molecular weight excluding hydrogens is 842 g/mol. The van der Waals surface area contributed by atoms with Crippen LogP contribution >= 0.6 is 22.9 Å². The van der Waals surface area contributed by atoms with E-state index in [1.54, 1.807) is 17.5 Å². The number of benzene rings is 5. The second kappa shape index (κ2) is 18.9. The van der Waals surface area contributed by atoms with Gasteiger partial charge in [-0.1, -0.05) is 169 Å². The van der Waals surface area contributed by atoms with Gasteiger partial charge in [0.25, 0.3) is 11.8 Å². The second-order valence-corrected chi connectivity index (χ2v) is 16.9. The Kier molecular flexibility index (Phi) is 12.8. The van der Waals surface area contributed by atoms with Gasteiger partial charge >= 0.3 is 5.97 Å². The number of fused-ring (bicyclic) bond motifs is 1. The van der Waals surface area contributed by atoms with Crippen molar-refractivity contribution in [2.75, 3.05) is 24.1 Å². The van der Waals surface area contributed by atoms with Gasteiger partial charge in [-0.2, -0.15) is 0 Å². The first kappa shape index (κ1) is 42.0. The minimum absolute atomic E-state index is 0.0666. The van der Waals surface area contributed by atoms with Gasteiger partial charge in [-0.05, 0) is 33.4 Å². The summed E-state index contributed by atoms with van der Waals surface area (Å²) in [5, 5.41) is 11.5. The molecule has 11 nitrogen and oxygen atoms in total. The lowest BCUT2D eigenvalue weighted by Crippen LogP contribution is -2.74. The van der Waals surface area contributed by atoms with E-state index in [0.29, 0.717) is 10.7 Å². The number of oxime groups is 1. The summed E-state index contributed by atoms with van der Waals surface area (Å²) in [4.78, 5) is 53.6. The van der Waals surface area contributed by atoms with Crippen molar-refractivity contribution in [3.8, 4) is 0 Å². The number of carbonyl (C=O) groups is 3. The molecule has 14 heteroatoms. The molecular formula is C48H40ClN5O6S2. The summed E-state index contributed by atoms with van der Waals surface area (Å²) in [7, 11) is -0.440. The third kappa shape index (κ3) is 8.34. The van der Waals surface area contributed by atoms with E-state index in [4.69, 9.17) is 26.2 Å². The van der Waals surface area contributed by atoms with E-state index >= 15 is 0 Å². The standard InChI is InChI=1S/C48H40ClN5O6S2/c1-59-53-39(38-30-61-47(50-38)52-48(35-23-11-4-12-24-35,36-25-13-5-14-26-36)37-27-15-6-16-28-37)43(55)51-40-44(56)54-41(34(22-17-29-49)31-62(58)45(40)54)46(57)60-42(32-18-7-2-8-19-32)33-20-9-3-10-21-33/h2-28,30,40,42,45H,29,31H2,1H3,(H,50,52)(H,51,55)/b22-17-,53-39-/t40?,45-,62?/m1/s1. The van der Waals surface area contributed by atoms with E-state index < -0.39 is 51.6 Å². The SMILES string of the molecule is CO/N=C(\C(=O)NC1C(=O)N2C(C(=O)OC(c3ccccc3)c3ccccc3)=C(/C=C\CCl)CS(=O)[C@H]12)c1csc(NC(c2ccccc2)(c2ccccc2)c2ccccc2)n1. The van der Waals surface area contributed by atoms with Crippen LogP contribution in [0.1, 0.15) is 39.6 Å². The molecule has 1 aromatic heterocycles. The van der Waals surface area contributed by atoms with Gasteiger partial charge in [-0.3, -0.25) is 18.7 Å². The first-order valence-corrected chi connectivity index (χ1v) is 22.4. The summed E-state index contributed by atoms with van der Waals surface area (Å²) >= 11 is 7.25. The van der Waals surface area contributed by atoms with Crippen LogP contribution in [0.2, 0.25) is 0 Å². The number of allylic oxidation sites excluding steroid dienone is 2. The number of nitrogens with zero attached hydrogens (tertiary/aromatic N) is 3. The first-order valence-electron chi connectivity index (χ1n) is 19.6. The molecule has 0 aliphatic carbocycles. The first-order chi connectivity index (χ1) is 30.3. The molecule has 3 atom stereocenters. The van der Waals surface area contributed by atoms with Gasteiger partial charge in [-0.25, -0.2) is 9.78 Å². The molecule has 1 saturated heterocycles. The van der Waals surface area contributed by atoms with E-state index in [2.05, 4.69) is 15.8 Å². The third-order valence-electron chi connectivity index (χ3n) is 10.5. The van der Waals surface area contributed by atoms with Crippen LogP contribution in [0, 0.1) is 0 Å². The number of ether oxygens (including phenoxy) is 1. The molecule has 0 spiro atoms. The Bertz CT molecular complexity index is 2530. The van der Waals surface area contributed by atoms with Crippen molar-refractivity contribution in [2.24, 2.45) is 5.16 Å². The summed E-state index contributed by atoms with van der Waals surface area (Å²) in [6.45, 7) is 0. The number of amides is 2. The number of anilines is 1. The fourth-order valence-electron chi connectivity index (χ4n) is 7.74. The van der Waals surface area contributed by atoms with Crippen LogP contribution in [0.4, 0.5) is 5.13 Å². The van der Waals surface area contributed by atoms with Crippen molar-refractivity contribution >= 4 is 62.4 Å². The lowest BCUT2D eigenvalue weighted by molar-refractivity contribution is -0.154. The molecule has 8 rings (SSSR count). The van der Waals surface area contributed by atoms with Crippen molar-refractivity contribution in [2.45, 2.75) is 23.1 Å². The van der Waals surface area contributed by atoms with Crippen LogP contribution in [-0.2, 0) is 40.3 Å². The lowest BCUT2D eigenvalue weighted by atomic mass is 9.77. The Morgan fingerprint density at radius 2 is 1.39 bits per heavy atom. The lowest BCUT2D eigenvalue weighted by Gasteiger charge is -2.49. The maximum absolute atomic E-state index is 14.3. The van der Waals surface area contributed by atoms with E-state index in [-0.39, 0.29) is 28.7 Å². The monoisotopic (exact) mass is 881 g/mol. The molecule has 0 saturated carbocycles. The van der Waals surface area contributed by atoms with Crippen LogP contribution in [0.5, 0.6) is 0 Å². The quantitative estimate of drug-likeness (QED) is 0.0268. The average molecular weight is 882 g/mol. The van der Waals surface area contributed by atoms with Crippen molar-refractivity contribution in [1.29, 1.82) is 0 Å². The normalized spacial score (nSPS) is 17.7. The van der Waals surface area contributed by atoms with Gasteiger partial charge in [0.05, 0.1) is 16.6 Å². The number of nitrogens with one attached hydrogen (secondary N) is 2. The van der Waals surface area contributed by atoms with E-state index in [1.165, 1.54) is 18.4 Å². The maximum atomic E-state index is 14.3. The third-order valence-corrected chi connectivity index (χ3v) is 13.1. The zero-order valence-corrected chi connectivity index (χ0v) is 35.7. The van der Waals surface area contributed by atoms with Crippen LogP contribution in [-0.4, -0.2) is 67.7 Å². The van der Waals surface area contributed by atoms with Gasteiger partial charge < -0.3 is 20.2 Å². The molecule has 0 radical (unpaired) electrons. The summed E-state index contributed by atoms with van der Waals surface area (Å²) in [6, 6.07) is 47.2. The van der Waals surface area contributed by atoms with Gasteiger partial charge in [0.1, 0.15) is 35.5 Å². The zero-order chi connectivity index (χ0) is 43.1. The molecule has 2 amide bonds. The van der Waals surface area contributed by atoms with Crippen molar-refractivity contribution in [3.63, 3.8) is 0 Å². The Labute approximate surface area is 370 Å². The average Bonchev–Trinajstić information content (AvgIpc) is 3.79. The number of aromatic nitrogens is 1. The molecule has 2 unspecified atom stereocenters. The predicted octanol–water partition coefficient (Wildman–Crippen LogP) is 7.69. The number of hydrogen-bond donors (Lipinski definition) is 2. The highest BCUT2D eigenvalue weighted by Crippen LogP contribution is 2.41. The number of rotatable bonds is 15. The highest BCUT2D eigenvalue weighted by molar-refractivity contribution is 7.86. The number of β-lactam (4-membered cyclic amide) rings is 1. The van der Waals surface area contributed by atoms with Gasteiger partial charge in [-0.15, -0.1) is 22.9 Å². The van der Waals surface area contributed by atoms with Crippen molar-refractivity contribution in [3.05, 3.63) is 214 Å². The molecule has 62 heavy (non-hydrogen) atoms. The molecule has 3 heterocycles. The number of halogens is 1. The number of esters is 1. The zero-order valence-electron chi connectivity index (χ0n) is 33.3. The summed E-state index contributed by atoms with van der Waals surface area (Å²) in [6.07, 6.45) is 2.37. The number of alkyl halides is 1. The Morgan fingerprint density at radius 3 is 1.89 bits per heavy atom. The number of thiazole rings is 1. The Hall–Kier alpha value is -6.67. The number of carbonyl (C=O) groups excluding carboxylic acids is 3. The number of hydrogen-bond acceptors (Lipinski definition) is 10. The van der Waals surface area contributed by atoms with Crippen LogP contribution in [0.15, 0.2) is 186 Å². The largest absolute Gasteiger partial charge is 0.448 e. The topological polar surface area (TPSA) is 139 Å². The molecule has 2 aliphatic rings. The minimum Gasteiger partial charge on any atom is -0.448 e. The Balaban J connectivity index is 1.07. The van der Waals surface area contributed by atoms with Crippen LogP contribution in [0.3, 0.4) is 0 Å². The molecule has 2 aliphatic heterocycles. The highest BCUT2D eigenvalue weighted by atomic mass is 35.5. The van der Waals surface area contributed by atoms with E-state index in [9.17, 15) is 18.6 Å². The smallest absolute Gasteiger partial charge is 0.356 e. The highest BCUT2D eigenvalue weighted by Gasteiger charge is 2.57. The minimum atomic E-state index is -1.74. The van der Waals surface area contributed by atoms with Crippen LogP contribution in [0.25, 0.3) is 0 Å². The van der Waals surface area contributed by atoms with E-state index in [1.807, 2.05) is 152 Å².